The second-order valence-electron chi connectivity index (χ2n) is 8.03. The van der Waals surface area contributed by atoms with Gasteiger partial charge in [0.1, 0.15) is 0 Å². The van der Waals surface area contributed by atoms with Crippen molar-refractivity contribution in [1.82, 2.24) is 9.55 Å². The lowest BCUT2D eigenvalue weighted by Gasteiger charge is -2.07. The molecule has 176 valence electrons. The summed E-state index contributed by atoms with van der Waals surface area (Å²) in [5, 5.41) is 4.55. The molecule has 2 heterocycles. The number of carbonyl (C=O) groups is 2. The van der Waals surface area contributed by atoms with Gasteiger partial charge < -0.3 is 22.3 Å². The summed E-state index contributed by atoms with van der Waals surface area (Å²) in [5.74, 6) is -0.106. The van der Waals surface area contributed by atoms with E-state index < -0.39 is 0 Å². The Morgan fingerprint density at radius 1 is 0.943 bits per heavy atom. The van der Waals surface area contributed by atoms with Gasteiger partial charge in [-0.2, -0.15) is 0 Å². The number of aryl methyl sites for hydroxylation is 1. The molecule has 0 fully saturated rings. The highest BCUT2D eigenvalue weighted by Gasteiger charge is 2.19. The average Bonchev–Trinajstić information content (AvgIpc) is 3.21. The molecular formula is C27H22BrClN4O2. The zero-order valence-corrected chi connectivity index (χ0v) is 21.0. The number of Topliss-reactive ketones (excluding diaryl/α,β-unsaturated/α-hetero) is 1. The zero-order chi connectivity index (χ0) is 23.5. The lowest BCUT2D eigenvalue weighted by atomic mass is 10.1. The molecule has 0 unspecified atom stereocenters. The second-order valence-corrected chi connectivity index (χ2v) is 8.47. The van der Waals surface area contributed by atoms with Gasteiger partial charge in [-0.15, -0.1) is 0 Å². The van der Waals surface area contributed by atoms with Gasteiger partial charge in [-0.3, -0.25) is 14.6 Å². The number of nitrogens with zero attached hydrogens (tertiary/aromatic N) is 3. The number of rotatable bonds is 7. The van der Waals surface area contributed by atoms with Crippen LogP contribution < -0.4 is 26.9 Å². The van der Waals surface area contributed by atoms with E-state index in [0.717, 1.165) is 21.9 Å². The molecule has 6 nitrogen and oxygen atoms in total. The minimum atomic E-state index is -0.0975. The van der Waals surface area contributed by atoms with Crippen LogP contribution >= 0.6 is 11.6 Å². The first kappa shape index (κ1) is 24.6. The van der Waals surface area contributed by atoms with Crippen LogP contribution in [0.15, 0.2) is 91.4 Å². The molecule has 5 rings (SSSR count). The molecule has 0 radical (unpaired) electrons. The van der Waals surface area contributed by atoms with E-state index in [4.69, 9.17) is 11.6 Å². The maximum atomic E-state index is 12.8. The van der Waals surface area contributed by atoms with E-state index in [9.17, 15) is 9.59 Å². The standard InChI is InChI=1S/C27H21ClN4O2.BrH/c28-21-12-10-19(11-13-21)25(33)17-32-18-31(23-8-1-2-9-24(23)32)16-14-26(34)30-22-7-3-5-20-6-4-15-29-27(20)22;/h1-13,15,18H,14,16-17H2;1H. The largest absolute Gasteiger partial charge is 1.00 e. The summed E-state index contributed by atoms with van der Waals surface area (Å²) in [4.78, 5) is 29.9. The quantitative estimate of drug-likeness (QED) is 0.250. The molecule has 8 heteroatoms. The predicted octanol–water partition coefficient (Wildman–Crippen LogP) is 2.05. The molecule has 0 bridgehead atoms. The monoisotopic (exact) mass is 548 g/mol. The Bertz CT molecular complexity index is 1510. The molecule has 0 spiro atoms. The topological polar surface area (TPSA) is 67.9 Å². The Kier molecular flexibility index (Phi) is 7.58. The molecule has 3 aromatic carbocycles. The third-order valence-corrected chi connectivity index (χ3v) is 6.00. The first-order valence-electron chi connectivity index (χ1n) is 11.0. The van der Waals surface area contributed by atoms with Crippen molar-refractivity contribution in [2.75, 3.05) is 5.32 Å². The molecule has 0 aliphatic carbocycles. The lowest BCUT2D eigenvalue weighted by molar-refractivity contribution is -0.657. The molecule has 1 N–H and O–H groups in total. The van der Waals surface area contributed by atoms with Crippen molar-refractivity contribution in [3.63, 3.8) is 0 Å². The summed E-state index contributed by atoms with van der Waals surface area (Å²) in [5.41, 5.74) is 3.97. The fraction of sp³-hybridized carbons (Fsp3) is 0.111. The van der Waals surface area contributed by atoms with Crippen molar-refractivity contribution in [1.29, 1.82) is 0 Å². The number of halogens is 2. The molecule has 0 atom stereocenters. The van der Waals surface area contributed by atoms with Gasteiger partial charge in [-0.25, -0.2) is 9.13 Å². The van der Waals surface area contributed by atoms with Crippen molar-refractivity contribution >= 4 is 50.9 Å². The highest BCUT2D eigenvalue weighted by Crippen LogP contribution is 2.21. The molecule has 0 saturated carbocycles. The third-order valence-electron chi connectivity index (χ3n) is 5.75. The molecule has 2 aromatic heterocycles. The number of para-hydroxylation sites is 3. The number of fused-ring (bicyclic) bond motifs is 2. The smallest absolute Gasteiger partial charge is 0.245 e. The van der Waals surface area contributed by atoms with Crippen LogP contribution in [0.4, 0.5) is 5.69 Å². The van der Waals surface area contributed by atoms with Gasteiger partial charge in [0.25, 0.3) is 0 Å². The van der Waals surface area contributed by atoms with Crippen LogP contribution in [-0.4, -0.2) is 21.2 Å². The number of carbonyl (C=O) groups excluding carboxylic acids is 2. The summed E-state index contributed by atoms with van der Waals surface area (Å²) in [6.07, 6.45) is 3.90. The number of anilines is 1. The Balaban J connectivity index is 0.00000289. The van der Waals surface area contributed by atoms with Crippen molar-refractivity contribution in [2.24, 2.45) is 0 Å². The van der Waals surface area contributed by atoms with Crippen LogP contribution in [0.2, 0.25) is 5.02 Å². The molecule has 35 heavy (non-hydrogen) atoms. The number of nitrogens with one attached hydrogen (secondary N) is 1. The van der Waals surface area contributed by atoms with Gasteiger partial charge in [-0.05, 0) is 48.5 Å². The molecule has 0 aliphatic rings. The molecule has 0 saturated heterocycles. The summed E-state index contributed by atoms with van der Waals surface area (Å²) < 4.78 is 3.92. The average molecular weight is 550 g/mol. The fourth-order valence-electron chi connectivity index (χ4n) is 4.07. The number of hydrogen-bond donors (Lipinski definition) is 1. The van der Waals surface area contributed by atoms with Crippen LogP contribution in [0.3, 0.4) is 0 Å². The van der Waals surface area contributed by atoms with Crippen LogP contribution in [0.5, 0.6) is 0 Å². The number of aromatic nitrogens is 3. The number of pyridine rings is 1. The summed E-state index contributed by atoms with van der Waals surface area (Å²) in [6.45, 7) is 0.676. The first-order chi connectivity index (χ1) is 16.6. The van der Waals surface area contributed by atoms with Gasteiger partial charge in [0.2, 0.25) is 18.0 Å². The molecule has 5 aromatic rings. The van der Waals surface area contributed by atoms with Gasteiger partial charge in [0, 0.05) is 22.2 Å². The van der Waals surface area contributed by atoms with E-state index >= 15 is 0 Å². The van der Waals surface area contributed by atoms with Crippen LogP contribution in [0.1, 0.15) is 16.8 Å². The van der Waals surface area contributed by atoms with E-state index in [2.05, 4.69) is 10.3 Å². The number of hydrogen-bond acceptors (Lipinski definition) is 3. The Labute approximate surface area is 217 Å². The van der Waals surface area contributed by atoms with Crippen molar-refractivity contribution in [2.45, 2.75) is 19.5 Å². The first-order valence-corrected chi connectivity index (χ1v) is 11.4. The van der Waals surface area contributed by atoms with Crippen molar-refractivity contribution in [3.05, 3.63) is 102 Å². The normalized spacial score (nSPS) is 10.8. The van der Waals surface area contributed by atoms with Gasteiger partial charge in [-0.1, -0.05) is 41.9 Å². The SMILES string of the molecule is O=C(CCn1c[n+](CC(=O)c2ccc(Cl)cc2)c2ccccc21)Nc1cccc2cccnc12.[Br-]. The van der Waals surface area contributed by atoms with E-state index in [-0.39, 0.29) is 41.6 Å². The van der Waals surface area contributed by atoms with E-state index in [1.165, 1.54) is 0 Å². The Hall–Kier alpha value is -3.55. The number of benzene rings is 3. The minimum Gasteiger partial charge on any atom is -1.00 e. The van der Waals surface area contributed by atoms with Crippen LogP contribution in [-0.2, 0) is 17.9 Å². The lowest BCUT2D eigenvalue weighted by Crippen LogP contribution is -3.00. The Morgan fingerprint density at radius 2 is 1.71 bits per heavy atom. The summed E-state index contributed by atoms with van der Waals surface area (Å²) >= 11 is 5.94. The third kappa shape index (κ3) is 5.42. The van der Waals surface area contributed by atoms with E-state index in [0.29, 0.717) is 22.8 Å². The maximum absolute atomic E-state index is 12.8. The number of amides is 1. The van der Waals surface area contributed by atoms with Crippen molar-refractivity contribution < 1.29 is 31.1 Å². The van der Waals surface area contributed by atoms with Gasteiger partial charge in [0.05, 0.1) is 24.2 Å². The van der Waals surface area contributed by atoms with E-state index in [1.54, 1.807) is 30.5 Å². The van der Waals surface area contributed by atoms with Gasteiger partial charge >= 0.3 is 0 Å². The molecule has 0 aliphatic heterocycles. The summed E-state index contributed by atoms with van der Waals surface area (Å²) in [7, 11) is 0. The Morgan fingerprint density at radius 3 is 2.54 bits per heavy atom. The van der Waals surface area contributed by atoms with Crippen molar-refractivity contribution in [3.8, 4) is 0 Å². The van der Waals surface area contributed by atoms with Crippen LogP contribution in [0.25, 0.3) is 21.9 Å². The highest BCUT2D eigenvalue weighted by molar-refractivity contribution is 6.30. The zero-order valence-electron chi connectivity index (χ0n) is 18.7. The predicted molar refractivity (Wildman–Crippen MR) is 133 cm³/mol. The van der Waals surface area contributed by atoms with E-state index in [1.807, 2.05) is 70.1 Å². The van der Waals surface area contributed by atoms with Crippen LogP contribution in [0, 0.1) is 0 Å². The summed E-state index contributed by atoms with van der Waals surface area (Å²) in [6, 6.07) is 24.3. The number of ketones is 1. The number of imidazole rings is 1. The minimum absolute atomic E-state index is 0. The molecular weight excluding hydrogens is 528 g/mol. The maximum Gasteiger partial charge on any atom is 0.245 e. The second kappa shape index (κ2) is 10.8. The fourth-order valence-corrected chi connectivity index (χ4v) is 4.19. The molecule has 1 amide bonds. The highest BCUT2D eigenvalue weighted by atomic mass is 79.9. The van der Waals surface area contributed by atoms with Gasteiger partial charge in [0.15, 0.2) is 17.6 Å².